The largest absolute Gasteiger partial charge is 0.381 e. The van der Waals surface area contributed by atoms with Crippen LogP contribution < -0.4 is 5.32 Å². The minimum atomic E-state index is -0.607. The highest BCUT2D eigenvalue weighted by atomic mass is 16.5. The number of amides is 3. The van der Waals surface area contributed by atoms with Gasteiger partial charge in [0.1, 0.15) is 6.04 Å². The van der Waals surface area contributed by atoms with E-state index in [9.17, 15) is 14.4 Å². The highest BCUT2D eigenvalue weighted by Gasteiger charge is 2.39. The first kappa shape index (κ1) is 21.7. The molecule has 1 aromatic heterocycles. The van der Waals surface area contributed by atoms with E-state index in [0.717, 1.165) is 54.6 Å². The Morgan fingerprint density at radius 2 is 1.85 bits per heavy atom. The average molecular weight is 449 g/mol. The molecule has 0 radical (unpaired) electrons. The number of piperidine rings is 1. The Morgan fingerprint density at radius 1 is 1.03 bits per heavy atom. The molecule has 1 saturated carbocycles. The van der Waals surface area contributed by atoms with Crippen LogP contribution in [-0.2, 0) is 27.3 Å². The predicted molar refractivity (Wildman–Crippen MR) is 120 cm³/mol. The summed E-state index contributed by atoms with van der Waals surface area (Å²) in [5.41, 5.74) is 4.12. The van der Waals surface area contributed by atoms with Crippen LogP contribution in [0.3, 0.4) is 0 Å². The number of fused-ring (bicyclic) bond motifs is 1. The molecule has 0 spiro atoms. The summed E-state index contributed by atoms with van der Waals surface area (Å²) >= 11 is 0. The molecule has 172 valence electrons. The lowest BCUT2D eigenvalue weighted by Crippen LogP contribution is -2.52. The molecule has 2 fully saturated rings. The molecule has 33 heavy (non-hydrogen) atoms. The van der Waals surface area contributed by atoms with Gasteiger partial charge in [-0.3, -0.25) is 19.7 Å². The molecule has 3 amide bonds. The van der Waals surface area contributed by atoms with Crippen molar-refractivity contribution in [2.45, 2.75) is 63.6 Å². The molecule has 3 aliphatic rings. The van der Waals surface area contributed by atoms with Crippen molar-refractivity contribution in [1.29, 1.82) is 0 Å². The van der Waals surface area contributed by atoms with Crippen LogP contribution in [-0.4, -0.2) is 52.1 Å². The summed E-state index contributed by atoms with van der Waals surface area (Å²) in [4.78, 5) is 38.1. The molecule has 1 N–H and O–H groups in total. The van der Waals surface area contributed by atoms with E-state index in [1.54, 1.807) is 18.1 Å². The number of carbonyl (C=O) groups excluding carboxylic acids is 3. The molecular weight excluding hydrogens is 420 g/mol. The maximum Gasteiger partial charge on any atom is 0.255 e. The van der Waals surface area contributed by atoms with Crippen LogP contribution in [0.1, 0.15) is 60.1 Å². The van der Waals surface area contributed by atoms with Gasteiger partial charge in [0.2, 0.25) is 11.8 Å². The van der Waals surface area contributed by atoms with E-state index in [4.69, 9.17) is 4.74 Å². The molecule has 0 bridgehead atoms. The number of carbonyl (C=O) groups is 3. The fourth-order valence-corrected chi connectivity index (χ4v) is 5.22. The fourth-order valence-electron chi connectivity index (χ4n) is 5.22. The third-order valence-corrected chi connectivity index (χ3v) is 7.16. The number of nitrogens with one attached hydrogen (secondary N) is 1. The van der Waals surface area contributed by atoms with E-state index in [-0.39, 0.29) is 18.2 Å². The number of hydrogen-bond acceptors (Lipinski definition) is 6. The van der Waals surface area contributed by atoms with Gasteiger partial charge in [0.05, 0.1) is 17.5 Å². The van der Waals surface area contributed by atoms with Gasteiger partial charge in [-0.25, -0.2) is 0 Å². The van der Waals surface area contributed by atoms with Gasteiger partial charge in [0, 0.05) is 31.2 Å². The lowest BCUT2D eigenvalue weighted by Gasteiger charge is -2.29. The van der Waals surface area contributed by atoms with Gasteiger partial charge in [-0.15, -0.1) is 0 Å². The van der Waals surface area contributed by atoms with Crippen molar-refractivity contribution < 1.29 is 19.1 Å². The van der Waals surface area contributed by atoms with Crippen molar-refractivity contribution in [2.24, 2.45) is 5.92 Å². The van der Waals surface area contributed by atoms with Crippen molar-refractivity contribution in [3.8, 4) is 11.3 Å². The highest BCUT2D eigenvalue weighted by molar-refractivity contribution is 6.05. The Balaban J connectivity index is 1.26. The van der Waals surface area contributed by atoms with Crippen LogP contribution in [0.5, 0.6) is 0 Å². The normalized spacial score (nSPS) is 25.2. The number of aromatic nitrogens is 2. The molecule has 1 aliphatic carbocycles. The van der Waals surface area contributed by atoms with E-state index < -0.39 is 11.9 Å². The molecule has 1 saturated heterocycles. The zero-order valence-corrected chi connectivity index (χ0v) is 18.8. The lowest BCUT2D eigenvalue weighted by molar-refractivity contribution is -0.136. The lowest BCUT2D eigenvalue weighted by atomic mass is 9.84. The Kier molecular flexibility index (Phi) is 5.93. The van der Waals surface area contributed by atoms with Gasteiger partial charge < -0.3 is 9.64 Å². The van der Waals surface area contributed by atoms with E-state index in [1.807, 2.05) is 24.3 Å². The van der Waals surface area contributed by atoms with Gasteiger partial charge in [-0.05, 0) is 74.3 Å². The summed E-state index contributed by atoms with van der Waals surface area (Å²) in [5, 5.41) is 11.2. The Morgan fingerprint density at radius 3 is 2.55 bits per heavy atom. The van der Waals surface area contributed by atoms with Crippen LogP contribution in [0.15, 0.2) is 30.3 Å². The second kappa shape index (κ2) is 9.02. The first-order valence-corrected chi connectivity index (χ1v) is 11.6. The van der Waals surface area contributed by atoms with Gasteiger partial charge in [-0.2, -0.15) is 10.2 Å². The van der Waals surface area contributed by atoms with Crippen LogP contribution >= 0.6 is 0 Å². The van der Waals surface area contributed by atoms with Crippen LogP contribution in [0.4, 0.5) is 0 Å². The monoisotopic (exact) mass is 448 g/mol. The number of nitrogens with zero attached hydrogens (tertiary/aromatic N) is 3. The number of benzene rings is 1. The predicted octanol–water partition coefficient (Wildman–Crippen LogP) is 2.65. The first-order chi connectivity index (χ1) is 16.0. The third kappa shape index (κ3) is 4.39. The zero-order valence-electron chi connectivity index (χ0n) is 18.8. The van der Waals surface area contributed by atoms with Gasteiger partial charge in [0.15, 0.2) is 0 Å². The van der Waals surface area contributed by atoms with Crippen LogP contribution in [0.25, 0.3) is 11.3 Å². The highest BCUT2D eigenvalue weighted by Crippen LogP contribution is 2.31. The van der Waals surface area contributed by atoms with Crippen molar-refractivity contribution >= 4 is 17.7 Å². The molecule has 5 rings (SSSR count). The summed E-state index contributed by atoms with van der Waals surface area (Å²) in [7, 11) is 1.79. The molecular formula is C25H28N4O4. The second-order valence-electron chi connectivity index (χ2n) is 9.26. The fraction of sp³-hybridized carbons (Fsp3) is 0.480. The molecule has 1 unspecified atom stereocenters. The van der Waals surface area contributed by atoms with E-state index >= 15 is 0 Å². The Labute approximate surface area is 192 Å². The summed E-state index contributed by atoms with van der Waals surface area (Å²) < 4.78 is 5.46. The van der Waals surface area contributed by atoms with Crippen molar-refractivity contribution in [2.75, 3.05) is 7.11 Å². The molecule has 2 aromatic rings. The number of methoxy groups -OCH3 is 1. The van der Waals surface area contributed by atoms with Gasteiger partial charge in [0.25, 0.3) is 5.91 Å². The molecule has 8 heteroatoms. The third-order valence-electron chi connectivity index (χ3n) is 7.16. The average Bonchev–Trinajstić information content (AvgIpc) is 3.15. The minimum absolute atomic E-state index is 0.171. The Hall–Kier alpha value is -3.13. The Bertz CT molecular complexity index is 1080. The molecule has 1 atom stereocenters. The molecule has 3 heterocycles. The van der Waals surface area contributed by atoms with Crippen LogP contribution in [0.2, 0.25) is 0 Å². The second-order valence-corrected chi connectivity index (χ2v) is 9.26. The number of ether oxygens (including phenoxy) is 1. The summed E-state index contributed by atoms with van der Waals surface area (Å²) in [6, 6.07) is 9.04. The maximum absolute atomic E-state index is 12.9. The number of imide groups is 1. The number of rotatable bonds is 5. The van der Waals surface area contributed by atoms with E-state index in [1.165, 1.54) is 0 Å². The quantitative estimate of drug-likeness (QED) is 0.706. The summed E-state index contributed by atoms with van der Waals surface area (Å²) in [6.07, 6.45) is 6.46. The number of hydrogen-bond donors (Lipinski definition) is 1. The molecule has 2 aliphatic heterocycles. The summed E-state index contributed by atoms with van der Waals surface area (Å²) in [5.74, 6) is -0.228. The molecule has 1 aromatic carbocycles. The van der Waals surface area contributed by atoms with Crippen molar-refractivity contribution in [3.05, 3.63) is 47.2 Å². The maximum atomic E-state index is 12.9. The molecule has 8 nitrogen and oxygen atoms in total. The summed E-state index contributed by atoms with van der Waals surface area (Å²) in [6.45, 7) is 0.351. The van der Waals surface area contributed by atoms with Crippen molar-refractivity contribution in [1.82, 2.24) is 20.4 Å². The smallest absolute Gasteiger partial charge is 0.255 e. The standard InChI is InChI=1S/C25H28N4O4/c1-33-19-6-2-15(3-7-19)12-18-5-9-21(28-27-18)16-4-8-20-17(13-16)14-29(25(20)32)22-10-11-23(30)26-24(22)31/h4-5,8-9,13,15,19,22H,2-3,6-7,10-12,14H2,1H3,(H,26,30,31)/t15-,19-,22?. The van der Waals surface area contributed by atoms with Gasteiger partial charge >= 0.3 is 0 Å². The first-order valence-electron chi connectivity index (χ1n) is 11.6. The minimum Gasteiger partial charge on any atom is -0.381 e. The van der Waals surface area contributed by atoms with E-state index in [2.05, 4.69) is 15.5 Å². The zero-order chi connectivity index (χ0) is 22.9. The van der Waals surface area contributed by atoms with E-state index in [0.29, 0.717) is 30.6 Å². The SMILES string of the molecule is CO[C@H]1CC[C@H](Cc2ccc(-c3ccc4c(c3)CN(C3CCC(=O)NC3=O)C4=O)nn2)CC1. The van der Waals surface area contributed by atoms with Crippen molar-refractivity contribution in [3.63, 3.8) is 0 Å². The topological polar surface area (TPSA) is 101 Å². The van der Waals surface area contributed by atoms with Crippen LogP contribution in [0, 0.1) is 5.92 Å². The van der Waals surface area contributed by atoms with Gasteiger partial charge in [-0.1, -0.05) is 6.07 Å².